The normalized spacial score (nSPS) is 14.0. The molecule has 0 spiro atoms. The predicted octanol–water partition coefficient (Wildman–Crippen LogP) is 2.63. The summed E-state index contributed by atoms with van der Waals surface area (Å²) in [6, 6.07) is 12.1. The van der Waals surface area contributed by atoms with Gasteiger partial charge >= 0.3 is 6.09 Å². The molecule has 1 fully saturated rings. The van der Waals surface area contributed by atoms with E-state index in [1.54, 1.807) is 48.2 Å². The topological polar surface area (TPSA) is 120 Å². The van der Waals surface area contributed by atoms with Crippen molar-refractivity contribution in [3.05, 3.63) is 47.7 Å². The average Bonchev–Trinajstić information content (AvgIpc) is 2.75. The van der Waals surface area contributed by atoms with Crippen molar-refractivity contribution in [2.24, 2.45) is 0 Å². The molecule has 2 N–H and O–H groups in total. The van der Waals surface area contributed by atoms with Crippen LogP contribution in [0.1, 0.15) is 35.8 Å². The van der Waals surface area contributed by atoms with Gasteiger partial charge in [-0.2, -0.15) is 5.26 Å². The van der Waals surface area contributed by atoms with E-state index >= 15 is 0 Å². The van der Waals surface area contributed by atoms with Gasteiger partial charge in [0.05, 0.1) is 18.2 Å². The Hall–Kier alpha value is -3.67. The van der Waals surface area contributed by atoms with Crippen LogP contribution in [-0.4, -0.2) is 52.8 Å². The van der Waals surface area contributed by atoms with Gasteiger partial charge in [-0.05, 0) is 50.1 Å². The standard InChI is InChI=1S/C20H22N6O3/c1-2-29-20(28)26-10-8-15(9-11-26)22-18-7-6-17(24-25-18)19(27)23-16-5-3-4-14(12-16)13-21/h3-7,12,15H,2,8-11H2,1H3,(H,22,25)(H,23,27). The summed E-state index contributed by atoms with van der Waals surface area (Å²) >= 11 is 0. The lowest BCUT2D eigenvalue weighted by atomic mass is 10.1. The third kappa shape index (κ3) is 5.42. The molecule has 1 aromatic heterocycles. The van der Waals surface area contributed by atoms with Crippen LogP contribution in [-0.2, 0) is 4.74 Å². The summed E-state index contributed by atoms with van der Waals surface area (Å²) < 4.78 is 5.02. The van der Waals surface area contributed by atoms with Gasteiger partial charge in [0.1, 0.15) is 5.82 Å². The number of benzene rings is 1. The Morgan fingerprint density at radius 2 is 2.03 bits per heavy atom. The SMILES string of the molecule is CCOC(=O)N1CCC(Nc2ccc(C(=O)Nc3cccc(C#N)c3)nn2)CC1. The molecule has 1 aliphatic heterocycles. The number of hydrogen-bond donors (Lipinski definition) is 2. The molecule has 1 aliphatic rings. The molecule has 9 heteroatoms. The van der Waals surface area contributed by atoms with Crippen LogP contribution in [0, 0.1) is 11.3 Å². The number of ether oxygens (including phenoxy) is 1. The number of likely N-dealkylation sites (tertiary alicyclic amines) is 1. The van der Waals surface area contributed by atoms with Crippen LogP contribution >= 0.6 is 0 Å². The highest BCUT2D eigenvalue weighted by Gasteiger charge is 2.23. The fraction of sp³-hybridized carbons (Fsp3) is 0.350. The molecule has 2 heterocycles. The van der Waals surface area contributed by atoms with E-state index in [1.807, 2.05) is 6.07 Å². The summed E-state index contributed by atoms with van der Waals surface area (Å²) in [5, 5.41) is 23.0. The Kier molecular flexibility index (Phi) is 6.58. The number of hydrogen-bond acceptors (Lipinski definition) is 7. The Morgan fingerprint density at radius 3 is 2.69 bits per heavy atom. The van der Waals surface area contributed by atoms with E-state index < -0.39 is 5.91 Å². The monoisotopic (exact) mass is 394 g/mol. The van der Waals surface area contributed by atoms with Crippen LogP contribution in [0.3, 0.4) is 0 Å². The fourth-order valence-corrected chi connectivity index (χ4v) is 3.02. The summed E-state index contributed by atoms with van der Waals surface area (Å²) in [7, 11) is 0. The first kappa shape index (κ1) is 20.1. The molecule has 2 aromatic rings. The van der Waals surface area contributed by atoms with E-state index in [2.05, 4.69) is 20.8 Å². The molecule has 0 bridgehead atoms. The van der Waals surface area contributed by atoms with Crippen LogP contribution in [0.25, 0.3) is 0 Å². The van der Waals surface area contributed by atoms with Gasteiger partial charge in [-0.25, -0.2) is 4.79 Å². The van der Waals surface area contributed by atoms with Gasteiger partial charge in [-0.15, -0.1) is 10.2 Å². The zero-order valence-electron chi connectivity index (χ0n) is 16.1. The Morgan fingerprint density at radius 1 is 1.24 bits per heavy atom. The zero-order chi connectivity index (χ0) is 20.6. The maximum atomic E-state index is 12.3. The first-order chi connectivity index (χ1) is 14.1. The minimum absolute atomic E-state index is 0.170. The van der Waals surface area contributed by atoms with E-state index in [0.717, 1.165) is 12.8 Å². The molecule has 29 heavy (non-hydrogen) atoms. The molecule has 0 unspecified atom stereocenters. The van der Waals surface area contributed by atoms with Crippen molar-refractivity contribution < 1.29 is 14.3 Å². The number of carbonyl (C=O) groups is 2. The third-order valence-corrected chi connectivity index (χ3v) is 4.52. The Bertz CT molecular complexity index is 901. The van der Waals surface area contributed by atoms with Crippen molar-refractivity contribution in [3.63, 3.8) is 0 Å². The highest BCUT2D eigenvalue weighted by Crippen LogP contribution is 2.16. The van der Waals surface area contributed by atoms with Crippen LogP contribution in [0.2, 0.25) is 0 Å². The second kappa shape index (κ2) is 9.50. The number of nitrogens with zero attached hydrogens (tertiary/aromatic N) is 4. The number of rotatable bonds is 5. The largest absolute Gasteiger partial charge is 0.450 e. The third-order valence-electron chi connectivity index (χ3n) is 4.52. The van der Waals surface area contributed by atoms with Gasteiger partial charge in [0.2, 0.25) is 0 Å². The highest BCUT2D eigenvalue weighted by molar-refractivity contribution is 6.02. The van der Waals surface area contributed by atoms with Crippen molar-refractivity contribution in [3.8, 4) is 6.07 Å². The molecule has 0 aliphatic carbocycles. The molecular weight excluding hydrogens is 372 g/mol. The fourth-order valence-electron chi connectivity index (χ4n) is 3.02. The Labute approximate surface area is 168 Å². The van der Waals surface area contributed by atoms with Gasteiger partial charge in [0.15, 0.2) is 5.69 Å². The number of carbonyl (C=O) groups excluding carboxylic acids is 2. The molecule has 0 atom stereocenters. The second-order valence-electron chi connectivity index (χ2n) is 6.56. The van der Waals surface area contributed by atoms with Gasteiger partial charge < -0.3 is 20.3 Å². The number of amides is 2. The number of piperidine rings is 1. The first-order valence-electron chi connectivity index (χ1n) is 9.42. The van der Waals surface area contributed by atoms with Crippen molar-refractivity contribution in [1.82, 2.24) is 15.1 Å². The van der Waals surface area contributed by atoms with E-state index in [1.165, 1.54) is 0 Å². The minimum Gasteiger partial charge on any atom is -0.450 e. The van der Waals surface area contributed by atoms with Crippen LogP contribution in [0.4, 0.5) is 16.3 Å². The number of aromatic nitrogens is 2. The highest BCUT2D eigenvalue weighted by atomic mass is 16.6. The lowest BCUT2D eigenvalue weighted by Crippen LogP contribution is -2.42. The van der Waals surface area contributed by atoms with Gasteiger partial charge in [-0.3, -0.25) is 4.79 Å². The number of nitrogens with one attached hydrogen (secondary N) is 2. The molecule has 0 saturated carbocycles. The quantitative estimate of drug-likeness (QED) is 0.800. The van der Waals surface area contributed by atoms with Crippen LogP contribution in [0.5, 0.6) is 0 Å². The molecule has 9 nitrogen and oxygen atoms in total. The first-order valence-corrected chi connectivity index (χ1v) is 9.42. The molecule has 150 valence electrons. The van der Waals surface area contributed by atoms with Crippen molar-refractivity contribution in [2.45, 2.75) is 25.8 Å². The number of nitriles is 1. The summed E-state index contributed by atoms with van der Waals surface area (Å²) in [4.78, 5) is 25.7. The summed E-state index contributed by atoms with van der Waals surface area (Å²) in [6.07, 6.45) is 1.28. The van der Waals surface area contributed by atoms with E-state index in [9.17, 15) is 9.59 Å². The van der Waals surface area contributed by atoms with E-state index in [4.69, 9.17) is 10.00 Å². The summed E-state index contributed by atoms with van der Waals surface area (Å²) in [6.45, 7) is 3.40. The second-order valence-corrected chi connectivity index (χ2v) is 6.56. The zero-order valence-corrected chi connectivity index (χ0v) is 16.1. The lowest BCUT2D eigenvalue weighted by Gasteiger charge is -2.31. The van der Waals surface area contributed by atoms with Gasteiger partial charge in [-0.1, -0.05) is 6.07 Å². The average molecular weight is 394 g/mol. The van der Waals surface area contributed by atoms with Crippen molar-refractivity contribution in [1.29, 1.82) is 5.26 Å². The Balaban J connectivity index is 1.52. The minimum atomic E-state index is -0.401. The molecule has 2 amide bonds. The van der Waals surface area contributed by atoms with E-state index in [-0.39, 0.29) is 17.8 Å². The van der Waals surface area contributed by atoms with Crippen LogP contribution in [0.15, 0.2) is 36.4 Å². The summed E-state index contributed by atoms with van der Waals surface area (Å²) in [5.74, 6) is 0.171. The molecular formula is C20H22N6O3. The maximum Gasteiger partial charge on any atom is 0.409 e. The van der Waals surface area contributed by atoms with Crippen LogP contribution < -0.4 is 10.6 Å². The van der Waals surface area contributed by atoms with E-state index in [0.29, 0.717) is 36.8 Å². The number of anilines is 2. The molecule has 1 saturated heterocycles. The maximum absolute atomic E-state index is 12.3. The smallest absolute Gasteiger partial charge is 0.409 e. The van der Waals surface area contributed by atoms with Crippen molar-refractivity contribution >= 4 is 23.5 Å². The molecule has 1 aromatic carbocycles. The van der Waals surface area contributed by atoms with Crippen molar-refractivity contribution in [2.75, 3.05) is 30.3 Å². The summed E-state index contributed by atoms with van der Waals surface area (Å²) in [5.41, 5.74) is 1.16. The van der Waals surface area contributed by atoms with Gasteiger partial charge in [0, 0.05) is 24.8 Å². The molecule has 3 rings (SSSR count). The molecule has 0 radical (unpaired) electrons. The predicted molar refractivity (Wildman–Crippen MR) is 106 cm³/mol. The van der Waals surface area contributed by atoms with Gasteiger partial charge in [0.25, 0.3) is 5.91 Å². The lowest BCUT2D eigenvalue weighted by molar-refractivity contribution is 0.0982.